The smallest absolute Gasteiger partial charge is 0.256 e. The first-order chi connectivity index (χ1) is 28.2. The monoisotopic (exact) mass is 1020 g/mol. The lowest BCUT2D eigenvalue weighted by Crippen LogP contribution is -2.20. The molecular formula is C39H29Br2Cl5N10O3. The highest BCUT2D eigenvalue weighted by Crippen LogP contribution is 2.55. The quantitative estimate of drug-likeness (QED) is 0.0732. The van der Waals surface area contributed by atoms with Gasteiger partial charge in [0, 0.05) is 99.4 Å². The van der Waals surface area contributed by atoms with Crippen LogP contribution in [0.15, 0.2) is 73.6 Å². The van der Waals surface area contributed by atoms with Crippen molar-refractivity contribution >= 4 is 141 Å². The maximum Gasteiger partial charge on any atom is 0.256 e. The van der Waals surface area contributed by atoms with Gasteiger partial charge in [0.05, 0.1) is 17.5 Å². The fourth-order valence-electron chi connectivity index (χ4n) is 6.96. The highest BCUT2D eigenvalue weighted by Gasteiger charge is 2.56. The second-order valence-electron chi connectivity index (χ2n) is 14.3. The predicted octanol–water partition coefficient (Wildman–Crippen LogP) is 9.99. The maximum atomic E-state index is 11.5. The average Bonchev–Trinajstić information content (AvgIpc) is 3.96. The number of rotatable bonds is 0. The molecule has 2 spiro atoms. The van der Waals surface area contributed by atoms with Gasteiger partial charge in [0.15, 0.2) is 3.23 Å². The van der Waals surface area contributed by atoms with Crippen molar-refractivity contribution in [2.75, 3.05) is 27.8 Å². The van der Waals surface area contributed by atoms with E-state index < -0.39 is 3.23 Å². The Morgan fingerprint density at radius 1 is 0.576 bits per heavy atom. The zero-order chi connectivity index (χ0) is 41.7. The number of carbonyl (C=O) groups is 3. The lowest BCUT2D eigenvalue weighted by Gasteiger charge is -2.08. The lowest BCUT2D eigenvalue weighted by atomic mass is 10.0. The number of fused-ring (bicyclic) bond motifs is 7. The SMILES string of the molecule is Clc1cc2[nH]ccc2cn1.Clc1cc2c(cn1)C1(CC1)CN2.O=C1Cc2cnc(Cl)cc2N1.O=C1Nc2cc(Cl)ncc2C1(Br)Br.O=C1Nc2cc(Cl)ncc2C12CC2. The molecule has 10 heterocycles. The first kappa shape index (κ1) is 41.6. The molecule has 0 aromatic carbocycles. The van der Waals surface area contributed by atoms with Crippen LogP contribution in [0, 0.1) is 0 Å². The van der Waals surface area contributed by atoms with Crippen LogP contribution in [0.1, 0.15) is 47.9 Å². The molecule has 3 amide bonds. The molecule has 2 fully saturated rings. The summed E-state index contributed by atoms with van der Waals surface area (Å²) < 4.78 is -0.868. The zero-order valence-corrected chi connectivity index (χ0v) is 37.2. The summed E-state index contributed by atoms with van der Waals surface area (Å²) in [5, 5.41) is 14.9. The second kappa shape index (κ2) is 16.4. The third kappa shape index (κ3) is 8.74. The molecule has 2 aliphatic carbocycles. The molecule has 0 atom stereocenters. The highest BCUT2D eigenvalue weighted by atomic mass is 79.9. The van der Waals surface area contributed by atoms with E-state index in [1.807, 2.05) is 24.5 Å². The van der Waals surface area contributed by atoms with E-state index >= 15 is 0 Å². The van der Waals surface area contributed by atoms with Crippen molar-refractivity contribution in [1.82, 2.24) is 29.9 Å². The minimum atomic E-state index is -0.868. The molecule has 6 aromatic heterocycles. The predicted molar refractivity (Wildman–Crippen MR) is 238 cm³/mol. The number of H-pyrrole nitrogens is 1. The Balaban J connectivity index is 0.000000103. The molecule has 0 unspecified atom stereocenters. The van der Waals surface area contributed by atoms with E-state index in [2.05, 4.69) is 83.0 Å². The summed E-state index contributed by atoms with van der Waals surface area (Å²) in [7, 11) is 0. The van der Waals surface area contributed by atoms with Gasteiger partial charge >= 0.3 is 0 Å². The lowest BCUT2D eigenvalue weighted by molar-refractivity contribution is -0.118. The summed E-state index contributed by atoms with van der Waals surface area (Å²) in [5.74, 6) is -0.0674. The van der Waals surface area contributed by atoms with Gasteiger partial charge in [-0.15, -0.1) is 0 Å². The van der Waals surface area contributed by atoms with Gasteiger partial charge in [-0.3, -0.25) is 14.4 Å². The molecule has 2 saturated carbocycles. The van der Waals surface area contributed by atoms with Gasteiger partial charge in [-0.1, -0.05) is 89.9 Å². The van der Waals surface area contributed by atoms with Crippen LogP contribution in [0.2, 0.25) is 25.8 Å². The standard InChI is InChI=1S/C9H7ClN2O.C9H9ClN2.C7H3Br2ClN2O.C7H5ClN2O.C7H5ClN2/c10-7-3-6-5(4-11-7)9(1-2-9)8(13)12-6;10-8-3-7-6(4-11-8)9(1-2-9)5-12-7;8-7(9)3-2-11-5(10)1-4(3)12-6(7)13;8-6-2-5-4(3-9-6)1-7(11)10-5;8-7-3-6-5(4-10-7)1-2-9-6/h3-4H,1-2H2,(H,12,13);3-4,12H,1-2,5H2;1-2H,(H,12,13);2-3H,1H2,(H,10,11);1-4,9H. The summed E-state index contributed by atoms with van der Waals surface area (Å²) in [6, 6.07) is 10.7. The number of hydrogen-bond donors (Lipinski definition) is 5. The fourth-order valence-corrected chi connectivity index (χ4v) is 8.58. The van der Waals surface area contributed by atoms with E-state index in [0.717, 1.165) is 58.4 Å². The highest BCUT2D eigenvalue weighted by molar-refractivity contribution is 9.25. The number of hydrogen-bond acceptors (Lipinski definition) is 9. The minimum Gasteiger partial charge on any atom is -0.384 e. The van der Waals surface area contributed by atoms with Gasteiger partial charge in [-0.25, -0.2) is 24.9 Å². The van der Waals surface area contributed by atoms with Gasteiger partial charge in [0.1, 0.15) is 25.8 Å². The molecule has 0 bridgehead atoms. The molecule has 59 heavy (non-hydrogen) atoms. The van der Waals surface area contributed by atoms with E-state index in [1.165, 1.54) is 24.1 Å². The van der Waals surface area contributed by atoms with E-state index in [0.29, 0.717) is 43.3 Å². The molecule has 13 nitrogen and oxygen atoms in total. The first-order valence-electron chi connectivity index (χ1n) is 17.9. The number of anilines is 4. The van der Waals surface area contributed by atoms with Gasteiger partial charge in [0.2, 0.25) is 11.8 Å². The molecule has 0 saturated heterocycles. The molecule has 12 rings (SSSR count). The van der Waals surface area contributed by atoms with Gasteiger partial charge in [-0.05, 0) is 62.1 Å². The van der Waals surface area contributed by atoms with E-state index in [1.54, 1.807) is 49.1 Å². The maximum absolute atomic E-state index is 11.5. The van der Waals surface area contributed by atoms with Crippen LogP contribution in [0.4, 0.5) is 22.7 Å². The topological polar surface area (TPSA) is 180 Å². The Morgan fingerprint density at radius 3 is 1.78 bits per heavy atom. The summed E-state index contributed by atoms with van der Waals surface area (Å²) in [5.41, 5.74) is 8.75. The molecule has 4 aliphatic heterocycles. The molecule has 6 aromatic rings. The molecule has 6 aliphatic rings. The van der Waals surface area contributed by atoms with Crippen LogP contribution >= 0.6 is 89.9 Å². The Bertz CT molecular complexity index is 2610. The van der Waals surface area contributed by atoms with Crippen molar-refractivity contribution in [1.29, 1.82) is 0 Å². The number of alkyl halides is 2. The van der Waals surface area contributed by atoms with E-state index in [-0.39, 0.29) is 23.1 Å². The summed E-state index contributed by atoms with van der Waals surface area (Å²) >= 11 is 34.9. The van der Waals surface area contributed by atoms with E-state index in [9.17, 15) is 14.4 Å². The van der Waals surface area contributed by atoms with Crippen molar-refractivity contribution < 1.29 is 14.4 Å². The first-order valence-corrected chi connectivity index (χ1v) is 21.4. The number of amides is 3. The van der Waals surface area contributed by atoms with Crippen molar-refractivity contribution in [3.8, 4) is 0 Å². The number of carbonyl (C=O) groups excluding carboxylic acids is 3. The summed E-state index contributed by atoms with van der Waals surface area (Å²) in [4.78, 5) is 56.6. The number of nitrogens with zero attached hydrogens (tertiary/aromatic N) is 5. The Labute approximate surface area is 378 Å². The number of pyridine rings is 5. The molecular weight excluding hydrogens is 994 g/mol. The van der Waals surface area contributed by atoms with Crippen molar-refractivity contribution in [3.63, 3.8) is 0 Å². The molecule has 0 radical (unpaired) electrons. The third-order valence-corrected chi connectivity index (χ3v) is 13.1. The van der Waals surface area contributed by atoms with E-state index in [4.69, 9.17) is 58.0 Å². The molecule has 20 heteroatoms. The Morgan fingerprint density at radius 2 is 1.12 bits per heavy atom. The number of aromatic amines is 1. The van der Waals surface area contributed by atoms with Crippen LogP contribution in [0.3, 0.4) is 0 Å². The zero-order valence-electron chi connectivity index (χ0n) is 30.3. The minimum absolute atomic E-state index is 0.00377. The number of halogens is 7. The van der Waals surface area contributed by atoms with Crippen LogP contribution in [0.5, 0.6) is 0 Å². The van der Waals surface area contributed by atoms with Gasteiger partial charge < -0.3 is 26.3 Å². The third-order valence-electron chi connectivity index (χ3n) is 10.5. The van der Waals surface area contributed by atoms with Crippen molar-refractivity contribution in [3.05, 3.63) is 122 Å². The van der Waals surface area contributed by atoms with Gasteiger partial charge in [-0.2, -0.15) is 0 Å². The van der Waals surface area contributed by atoms with Crippen LogP contribution in [-0.2, 0) is 34.9 Å². The van der Waals surface area contributed by atoms with Gasteiger partial charge in [0.25, 0.3) is 5.91 Å². The summed E-state index contributed by atoms with van der Waals surface area (Å²) in [6.45, 7) is 1.07. The largest absolute Gasteiger partial charge is 0.384 e. The summed E-state index contributed by atoms with van der Waals surface area (Å²) in [6.07, 6.45) is 15.3. The van der Waals surface area contributed by atoms with Crippen LogP contribution in [-0.4, -0.2) is 54.2 Å². The van der Waals surface area contributed by atoms with Crippen LogP contribution in [0.25, 0.3) is 10.9 Å². The molecule has 5 N–H and O–H groups in total. The number of nitrogens with one attached hydrogen (secondary N) is 5. The average molecular weight is 1020 g/mol. The Kier molecular flexibility index (Phi) is 11.6. The normalized spacial score (nSPS) is 17.7. The fraction of sp³-hybridized carbons (Fsp3) is 0.231. The number of aromatic nitrogens is 6. The van der Waals surface area contributed by atoms with Crippen LogP contribution < -0.4 is 21.3 Å². The van der Waals surface area contributed by atoms with Crippen molar-refractivity contribution in [2.45, 2.75) is 46.2 Å². The second-order valence-corrected chi connectivity index (χ2v) is 19.7. The van der Waals surface area contributed by atoms with Crippen molar-refractivity contribution in [2.24, 2.45) is 0 Å². The Hall–Kier alpha value is -4.09. The molecule has 302 valence electrons.